The van der Waals surface area contributed by atoms with Gasteiger partial charge in [0.25, 0.3) is 0 Å². The summed E-state index contributed by atoms with van der Waals surface area (Å²) >= 11 is 0. The number of methoxy groups -OCH3 is 1. The summed E-state index contributed by atoms with van der Waals surface area (Å²) in [6.07, 6.45) is 12.1. The van der Waals surface area contributed by atoms with Crippen molar-refractivity contribution in [2.24, 2.45) is 5.92 Å². The zero-order valence-electron chi connectivity index (χ0n) is 29.4. The largest absolute Gasteiger partial charge is 0.481 e. The number of amides is 1. The zero-order chi connectivity index (χ0) is 35.7. The van der Waals surface area contributed by atoms with Crippen LogP contribution in [0.3, 0.4) is 0 Å². The Hall–Kier alpha value is -2.74. The standard InChI is InChI=1S/C35H61NO12/c1-29(37)27-47-24-22-45-20-13-15-32(39)28-48-25-23-46-21-19-36-33(40)18-17-30(35(43)44-2)26-31(38)14-11-9-7-5-3-4-6-8-10-12-16-34(41)42/h30H,3-28H2,1-2H3,(H,36,40)(H,41,42)/t30-/m1/s1. The molecule has 0 aliphatic carbocycles. The van der Waals surface area contributed by atoms with Gasteiger partial charge in [0.05, 0.1) is 46.1 Å². The van der Waals surface area contributed by atoms with E-state index >= 15 is 0 Å². The maximum absolute atomic E-state index is 12.5. The number of nitrogens with one attached hydrogen (secondary N) is 1. The van der Waals surface area contributed by atoms with Gasteiger partial charge >= 0.3 is 11.9 Å². The SMILES string of the molecule is COC(=O)[C@H](CCC(=O)NCCOCCOCC(=O)CCCOCCOCC(C)=O)CC(=O)CCCCCCCCCCCCC(=O)O. The Balaban J connectivity index is 3.79. The molecule has 0 bridgehead atoms. The first-order chi connectivity index (χ1) is 23.1. The summed E-state index contributed by atoms with van der Waals surface area (Å²) in [5.74, 6) is -2.17. The quantitative estimate of drug-likeness (QED) is 0.0701. The number of carbonyl (C=O) groups is 6. The van der Waals surface area contributed by atoms with E-state index in [-0.39, 0.29) is 88.5 Å². The molecule has 0 saturated carbocycles. The summed E-state index contributed by atoms with van der Waals surface area (Å²) < 4.78 is 26.0. The van der Waals surface area contributed by atoms with E-state index in [1.165, 1.54) is 14.0 Å². The van der Waals surface area contributed by atoms with Gasteiger partial charge in [-0.25, -0.2) is 0 Å². The third kappa shape index (κ3) is 31.8. The number of carbonyl (C=O) groups excluding carboxylic acids is 5. The highest BCUT2D eigenvalue weighted by Crippen LogP contribution is 2.17. The second-order valence-electron chi connectivity index (χ2n) is 12.0. The van der Waals surface area contributed by atoms with Crippen LogP contribution in [0.5, 0.6) is 0 Å². The van der Waals surface area contributed by atoms with E-state index < -0.39 is 17.9 Å². The molecule has 1 amide bonds. The highest BCUT2D eigenvalue weighted by molar-refractivity contribution is 5.85. The van der Waals surface area contributed by atoms with E-state index in [1.54, 1.807) is 0 Å². The Bertz CT molecular complexity index is 895. The highest BCUT2D eigenvalue weighted by Gasteiger charge is 2.23. The summed E-state index contributed by atoms with van der Waals surface area (Å²) in [5, 5.41) is 11.4. The molecule has 0 radical (unpaired) electrons. The van der Waals surface area contributed by atoms with Crippen LogP contribution >= 0.6 is 0 Å². The minimum atomic E-state index is -0.731. The van der Waals surface area contributed by atoms with Crippen molar-refractivity contribution < 1.29 is 57.6 Å². The van der Waals surface area contributed by atoms with Crippen molar-refractivity contribution in [1.82, 2.24) is 5.32 Å². The molecule has 0 aliphatic rings. The molecule has 1 atom stereocenters. The Morgan fingerprint density at radius 1 is 0.583 bits per heavy atom. The summed E-state index contributed by atoms with van der Waals surface area (Å²) in [7, 11) is 1.28. The maximum atomic E-state index is 12.5. The molecule has 0 fully saturated rings. The van der Waals surface area contributed by atoms with Crippen LogP contribution in [-0.2, 0) is 52.5 Å². The minimum absolute atomic E-state index is 0.00248. The Morgan fingerprint density at radius 2 is 1.10 bits per heavy atom. The molecule has 13 heteroatoms. The molecular formula is C35H61NO12. The van der Waals surface area contributed by atoms with Crippen molar-refractivity contribution >= 4 is 35.2 Å². The molecule has 0 aromatic rings. The topological polar surface area (TPSA) is 181 Å². The summed E-state index contributed by atoms with van der Waals surface area (Å²) in [6, 6.07) is 0. The molecule has 0 aliphatic heterocycles. The van der Waals surface area contributed by atoms with Crippen LogP contribution in [0.2, 0.25) is 0 Å². The van der Waals surface area contributed by atoms with Gasteiger partial charge in [0.2, 0.25) is 5.91 Å². The van der Waals surface area contributed by atoms with Gasteiger partial charge < -0.3 is 34.1 Å². The van der Waals surface area contributed by atoms with Crippen LogP contribution in [0.4, 0.5) is 0 Å². The molecule has 278 valence electrons. The van der Waals surface area contributed by atoms with Gasteiger partial charge in [-0.3, -0.25) is 28.8 Å². The van der Waals surface area contributed by atoms with E-state index in [4.69, 9.17) is 28.8 Å². The van der Waals surface area contributed by atoms with E-state index in [2.05, 4.69) is 5.32 Å². The van der Waals surface area contributed by atoms with Crippen LogP contribution in [0.15, 0.2) is 0 Å². The molecule has 0 aromatic heterocycles. The number of ether oxygens (including phenoxy) is 5. The summed E-state index contributed by atoms with van der Waals surface area (Å²) in [4.78, 5) is 70.0. The molecule has 48 heavy (non-hydrogen) atoms. The van der Waals surface area contributed by atoms with Gasteiger partial charge in [-0.05, 0) is 32.6 Å². The van der Waals surface area contributed by atoms with E-state index in [0.717, 1.165) is 64.2 Å². The van der Waals surface area contributed by atoms with Crippen molar-refractivity contribution in [3.63, 3.8) is 0 Å². The number of ketones is 3. The summed E-state index contributed by atoms with van der Waals surface area (Å²) in [5.41, 5.74) is 0. The molecule has 13 nitrogen and oxygen atoms in total. The van der Waals surface area contributed by atoms with Crippen molar-refractivity contribution in [1.29, 1.82) is 0 Å². The number of hydrogen-bond acceptors (Lipinski definition) is 11. The molecule has 0 heterocycles. The van der Waals surface area contributed by atoms with E-state index in [9.17, 15) is 28.8 Å². The first kappa shape index (κ1) is 45.3. The van der Waals surface area contributed by atoms with Gasteiger partial charge in [0, 0.05) is 45.3 Å². The predicted molar refractivity (Wildman–Crippen MR) is 179 cm³/mol. The monoisotopic (exact) mass is 687 g/mol. The van der Waals surface area contributed by atoms with Gasteiger partial charge in [-0.1, -0.05) is 51.4 Å². The van der Waals surface area contributed by atoms with Gasteiger partial charge in [0.1, 0.15) is 19.0 Å². The average molecular weight is 688 g/mol. The third-order valence-electron chi connectivity index (χ3n) is 7.45. The van der Waals surface area contributed by atoms with Crippen molar-refractivity contribution in [3.05, 3.63) is 0 Å². The lowest BCUT2D eigenvalue weighted by Crippen LogP contribution is -2.29. The molecule has 0 rings (SSSR count). The van der Waals surface area contributed by atoms with Crippen molar-refractivity contribution in [3.8, 4) is 0 Å². The van der Waals surface area contributed by atoms with Crippen LogP contribution < -0.4 is 5.32 Å². The Labute approximate surface area is 286 Å². The van der Waals surface area contributed by atoms with E-state index in [1.807, 2.05) is 0 Å². The lowest BCUT2D eigenvalue weighted by Gasteiger charge is -2.14. The smallest absolute Gasteiger partial charge is 0.309 e. The maximum Gasteiger partial charge on any atom is 0.309 e. The minimum Gasteiger partial charge on any atom is -0.481 e. The number of rotatable bonds is 36. The highest BCUT2D eigenvalue weighted by atomic mass is 16.5. The third-order valence-corrected chi connectivity index (χ3v) is 7.45. The number of aliphatic carboxylic acids is 1. The van der Waals surface area contributed by atoms with Crippen molar-refractivity contribution in [2.45, 2.75) is 116 Å². The Morgan fingerprint density at radius 3 is 1.69 bits per heavy atom. The molecule has 2 N–H and O–H groups in total. The van der Waals surface area contributed by atoms with Gasteiger partial charge in [-0.2, -0.15) is 0 Å². The van der Waals surface area contributed by atoms with E-state index in [0.29, 0.717) is 39.1 Å². The number of Topliss-reactive ketones (excluding diaryl/α,β-unsaturated/α-hetero) is 3. The first-order valence-electron chi connectivity index (χ1n) is 17.6. The van der Waals surface area contributed by atoms with Crippen LogP contribution in [-0.4, -0.2) is 107 Å². The van der Waals surface area contributed by atoms with Gasteiger partial charge in [-0.15, -0.1) is 0 Å². The molecule has 0 aromatic carbocycles. The fraction of sp³-hybridized carbons (Fsp3) is 0.829. The lowest BCUT2D eigenvalue weighted by atomic mass is 9.94. The normalized spacial score (nSPS) is 11.6. The van der Waals surface area contributed by atoms with Crippen LogP contribution in [0.25, 0.3) is 0 Å². The second-order valence-corrected chi connectivity index (χ2v) is 12.0. The van der Waals surface area contributed by atoms with Crippen molar-refractivity contribution in [2.75, 3.05) is 66.5 Å². The number of esters is 1. The fourth-order valence-corrected chi connectivity index (χ4v) is 4.80. The number of hydrogen-bond donors (Lipinski definition) is 2. The average Bonchev–Trinajstić information content (AvgIpc) is 3.05. The molecule has 0 unspecified atom stereocenters. The molecular weight excluding hydrogens is 626 g/mol. The van der Waals surface area contributed by atoms with Crippen LogP contribution in [0.1, 0.15) is 116 Å². The fourth-order valence-electron chi connectivity index (χ4n) is 4.80. The van der Waals surface area contributed by atoms with Crippen LogP contribution in [0, 0.1) is 5.92 Å². The summed E-state index contributed by atoms with van der Waals surface area (Å²) in [6.45, 7) is 3.73. The zero-order valence-corrected chi connectivity index (χ0v) is 29.4. The molecule has 0 saturated heterocycles. The second kappa shape index (κ2) is 32.8. The van der Waals surface area contributed by atoms with Gasteiger partial charge in [0.15, 0.2) is 11.6 Å². The Kier molecular flexibility index (Phi) is 30.9. The number of carboxylic acids is 1. The predicted octanol–water partition coefficient (Wildman–Crippen LogP) is 4.40. The number of unbranched alkanes of at least 4 members (excludes halogenated alkanes) is 9. The first-order valence-corrected chi connectivity index (χ1v) is 17.6. The lowest BCUT2D eigenvalue weighted by molar-refractivity contribution is -0.147. The molecule has 0 spiro atoms. The number of carboxylic acid groups (broad SMARTS) is 1.